The van der Waals surface area contributed by atoms with Crippen molar-refractivity contribution in [3.8, 4) is 0 Å². The van der Waals surface area contributed by atoms with Gasteiger partial charge in [-0.15, -0.1) is 0 Å². The van der Waals surface area contributed by atoms with Gasteiger partial charge in [0.1, 0.15) is 29.3 Å². The number of aliphatic hydroxyl groups is 1. The van der Waals surface area contributed by atoms with Crippen molar-refractivity contribution >= 4 is 18.0 Å². The maximum atomic E-state index is 9.68. The average Bonchev–Trinajstić information content (AvgIpc) is 3.19. The second kappa shape index (κ2) is 6.34. The Balaban J connectivity index is 1.39. The van der Waals surface area contributed by atoms with Gasteiger partial charge >= 0.3 is 0 Å². The van der Waals surface area contributed by atoms with Crippen LogP contribution in [0.1, 0.15) is 26.7 Å². The topological polar surface area (TPSA) is 92.7 Å². The molecule has 0 amide bonds. The monoisotopic (exact) mass is 360 g/mol. The van der Waals surface area contributed by atoms with E-state index in [9.17, 15) is 5.11 Å². The first-order valence-corrected chi connectivity index (χ1v) is 9.42. The third-order valence-electron chi connectivity index (χ3n) is 4.64. The third-order valence-corrected chi connectivity index (χ3v) is 6.05. The zero-order valence-electron chi connectivity index (χ0n) is 14.4. The summed E-state index contributed by atoms with van der Waals surface area (Å²) in [6.07, 6.45) is 6.57. The number of hydrogen-bond acceptors (Lipinski definition) is 8. The van der Waals surface area contributed by atoms with E-state index in [1.807, 2.05) is 20.1 Å². The van der Waals surface area contributed by atoms with Crippen molar-refractivity contribution < 1.29 is 5.11 Å². The number of allylic oxidation sites excluding steroid dienone is 3. The molecule has 134 valence electrons. The van der Waals surface area contributed by atoms with E-state index in [-0.39, 0.29) is 23.5 Å². The van der Waals surface area contributed by atoms with Crippen molar-refractivity contribution in [2.75, 3.05) is 0 Å². The first-order chi connectivity index (χ1) is 12.0. The summed E-state index contributed by atoms with van der Waals surface area (Å²) >= 11 is 1.54. The SMILES string of the molecule is C=C(O)C1=C(C)NC(C2N=CC(C)=C(NC3C=C(C4CC4)NN3)N2)S1. The Morgan fingerprint density at radius 3 is 2.84 bits per heavy atom. The molecule has 7 nitrogen and oxygen atoms in total. The lowest BCUT2D eigenvalue weighted by atomic mass is 10.2. The number of nitrogens with one attached hydrogen (secondary N) is 5. The van der Waals surface area contributed by atoms with Crippen molar-refractivity contribution in [1.82, 2.24) is 26.8 Å². The largest absolute Gasteiger partial charge is 0.507 e. The minimum atomic E-state index is -0.135. The molecular formula is C17H24N6OS. The minimum Gasteiger partial charge on any atom is -0.507 e. The molecule has 0 bridgehead atoms. The van der Waals surface area contributed by atoms with Crippen LogP contribution in [0, 0.1) is 5.92 Å². The Bertz CT molecular complexity index is 721. The number of aliphatic imine (C=N–C) groups is 1. The average molecular weight is 360 g/mol. The van der Waals surface area contributed by atoms with Gasteiger partial charge in [-0.25, -0.2) is 5.43 Å². The van der Waals surface area contributed by atoms with Crippen LogP contribution in [0.15, 0.2) is 51.1 Å². The van der Waals surface area contributed by atoms with E-state index >= 15 is 0 Å². The fourth-order valence-electron chi connectivity index (χ4n) is 3.11. The minimum absolute atomic E-state index is 0.00674. The molecule has 4 rings (SSSR count). The molecule has 0 radical (unpaired) electrons. The van der Waals surface area contributed by atoms with Crippen LogP contribution < -0.4 is 26.8 Å². The number of thioether (sulfide) groups is 1. The van der Waals surface area contributed by atoms with E-state index < -0.39 is 0 Å². The first-order valence-electron chi connectivity index (χ1n) is 8.54. The number of hydrazine groups is 1. The zero-order valence-corrected chi connectivity index (χ0v) is 15.2. The summed E-state index contributed by atoms with van der Waals surface area (Å²) in [5, 5.41) is 20.0. The Morgan fingerprint density at radius 1 is 1.36 bits per heavy atom. The fraction of sp³-hybridized carbons (Fsp3) is 0.471. The van der Waals surface area contributed by atoms with E-state index in [0.717, 1.165) is 22.0 Å². The van der Waals surface area contributed by atoms with E-state index in [2.05, 4.69) is 44.4 Å². The fourth-order valence-corrected chi connectivity index (χ4v) is 4.23. The zero-order chi connectivity index (χ0) is 17.6. The quantitative estimate of drug-likeness (QED) is 0.414. The molecule has 1 aliphatic carbocycles. The van der Waals surface area contributed by atoms with Gasteiger partial charge in [0.05, 0.1) is 4.91 Å². The van der Waals surface area contributed by atoms with Gasteiger partial charge in [-0.1, -0.05) is 18.3 Å². The van der Waals surface area contributed by atoms with Crippen molar-refractivity contribution in [3.63, 3.8) is 0 Å². The predicted octanol–water partition coefficient (Wildman–Crippen LogP) is 1.50. The maximum absolute atomic E-state index is 9.68. The van der Waals surface area contributed by atoms with Crippen molar-refractivity contribution in [1.29, 1.82) is 0 Å². The highest BCUT2D eigenvalue weighted by Crippen LogP contribution is 2.37. The molecular weight excluding hydrogens is 336 g/mol. The lowest BCUT2D eigenvalue weighted by Gasteiger charge is -2.29. The van der Waals surface area contributed by atoms with Gasteiger partial charge in [0.2, 0.25) is 0 Å². The van der Waals surface area contributed by atoms with Crippen LogP contribution in [0.4, 0.5) is 0 Å². The van der Waals surface area contributed by atoms with Crippen LogP contribution in [0.2, 0.25) is 0 Å². The highest BCUT2D eigenvalue weighted by Gasteiger charge is 2.33. The Kier molecular flexibility index (Phi) is 4.16. The van der Waals surface area contributed by atoms with Crippen molar-refractivity contribution in [3.05, 3.63) is 46.1 Å². The molecule has 0 aromatic heterocycles. The van der Waals surface area contributed by atoms with Crippen molar-refractivity contribution in [2.24, 2.45) is 10.9 Å². The molecule has 0 aromatic carbocycles. The van der Waals surface area contributed by atoms with Crippen LogP contribution in [0.25, 0.3) is 0 Å². The van der Waals surface area contributed by atoms with Gasteiger partial charge in [-0.05, 0) is 38.7 Å². The maximum Gasteiger partial charge on any atom is 0.149 e. The normalized spacial score (nSPS) is 31.4. The smallest absolute Gasteiger partial charge is 0.149 e. The molecule has 1 saturated carbocycles. The summed E-state index contributed by atoms with van der Waals surface area (Å²) in [6.45, 7) is 7.59. The molecule has 0 saturated heterocycles. The second-order valence-electron chi connectivity index (χ2n) is 6.80. The van der Waals surface area contributed by atoms with Crippen LogP contribution >= 0.6 is 11.8 Å². The number of hydrogen-bond donors (Lipinski definition) is 6. The predicted molar refractivity (Wildman–Crippen MR) is 101 cm³/mol. The van der Waals surface area contributed by atoms with Gasteiger partial charge in [0.15, 0.2) is 0 Å². The highest BCUT2D eigenvalue weighted by atomic mass is 32.2. The van der Waals surface area contributed by atoms with Crippen molar-refractivity contribution in [2.45, 2.75) is 44.4 Å². The molecule has 8 heteroatoms. The van der Waals surface area contributed by atoms with E-state index in [1.54, 1.807) is 11.8 Å². The van der Waals surface area contributed by atoms with E-state index in [1.165, 1.54) is 18.5 Å². The molecule has 3 atom stereocenters. The molecule has 3 aliphatic heterocycles. The molecule has 6 N–H and O–H groups in total. The number of nitrogens with zero attached hydrogens (tertiary/aromatic N) is 1. The molecule has 0 aromatic rings. The number of rotatable bonds is 5. The number of aliphatic hydroxyl groups excluding tert-OH is 1. The van der Waals surface area contributed by atoms with Gasteiger partial charge < -0.3 is 26.5 Å². The molecule has 25 heavy (non-hydrogen) atoms. The molecule has 3 heterocycles. The lowest BCUT2D eigenvalue weighted by Crippen LogP contribution is -2.51. The van der Waals surface area contributed by atoms with Gasteiger partial charge in [-0.2, -0.15) is 0 Å². The summed E-state index contributed by atoms with van der Waals surface area (Å²) in [5.74, 6) is 1.76. The lowest BCUT2D eigenvalue weighted by molar-refractivity contribution is 0.432. The third kappa shape index (κ3) is 3.36. The summed E-state index contributed by atoms with van der Waals surface area (Å²) < 4.78 is 0. The van der Waals surface area contributed by atoms with Crippen LogP contribution in [-0.4, -0.2) is 29.0 Å². The summed E-state index contributed by atoms with van der Waals surface area (Å²) in [6, 6.07) is 0. The molecule has 1 fully saturated rings. The first kappa shape index (κ1) is 16.4. The van der Waals surface area contributed by atoms with Crippen LogP contribution in [0.5, 0.6) is 0 Å². The summed E-state index contributed by atoms with van der Waals surface area (Å²) in [7, 11) is 0. The highest BCUT2D eigenvalue weighted by molar-refractivity contribution is 8.04. The van der Waals surface area contributed by atoms with Gasteiger partial charge in [0, 0.05) is 23.2 Å². The van der Waals surface area contributed by atoms with E-state index in [4.69, 9.17) is 0 Å². The van der Waals surface area contributed by atoms with Gasteiger partial charge in [0.25, 0.3) is 0 Å². The van der Waals surface area contributed by atoms with Crippen LogP contribution in [-0.2, 0) is 0 Å². The Hall–Kier alpha value is -2.06. The van der Waals surface area contributed by atoms with E-state index in [0.29, 0.717) is 5.92 Å². The van der Waals surface area contributed by atoms with Gasteiger partial charge in [-0.3, -0.25) is 4.99 Å². The molecule has 3 unspecified atom stereocenters. The van der Waals surface area contributed by atoms with Crippen LogP contribution in [0.3, 0.4) is 0 Å². The Morgan fingerprint density at radius 2 is 2.16 bits per heavy atom. The summed E-state index contributed by atoms with van der Waals surface area (Å²) in [4.78, 5) is 5.38. The second-order valence-corrected chi connectivity index (χ2v) is 7.95. The molecule has 4 aliphatic rings. The molecule has 0 spiro atoms. The Labute approximate surface area is 151 Å². The standard InChI is InChI=1S/C17H24N6OS/c1-8-7-18-16(17-19-9(2)14(25-17)10(3)24)21-15(8)20-13-6-12(22-23-13)11-4-5-11/h6-7,11,13,16-17,19-24H,3-5H2,1-2H3. The summed E-state index contributed by atoms with van der Waals surface area (Å²) in [5.41, 5.74) is 9.81.